The average molecular weight is 514 g/mol. The summed E-state index contributed by atoms with van der Waals surface area (Å²) in [7, 11) is 1.36. The zero-order chi connectivity index (χ0) is 26.6. The molecule has 8 heteroatoms. The number of nitrogens with zero attached hydrogens (tertiary/aromatic N) is 1. The minimum atomic E-state index is -1.33. The van der Waals surface area contributed by atoms with Gasteiger partial charge in [-0.25, -0.2) is 9.59 Å². The van der Waals surface area contributed by atoms with Crippen LogP contribution in [0.5, 0.6) is 5.75 Å². The van der Waals surface area contributed by atoms with Crippen molar-refractivity contribution >= 4 is 29.6 Å². The van der Waals surface area contributed by atoms with Crippen LogP contribution in [-0.2, 0) is 16.0 Å². The van der Waals surface area contributed by atoms with Crippen LogP contribution in [0.1, 0.15) is 47.3 Å². The number of carboxylic acid groups (broad SMARTS) is 1. The van der Waals surface area contributed by atoms with Gasteiger partial charge >= 0.3 is 12.1 Å². The van der Waals surface area contributed by atoms with Gasteiger partial charge in [0.2, 0.25) is 0 Å². The second-order valence-corrected chi connectivity index (χ2v) is 10.7. The molecule has 0 bridgehead atoms. The molecule has 2 atom stereocenters. The van der Waals surface area contributed by atoms with Gasteiger partial charge in [0.1, 0.15) is 5.75 Å². The van der Waals surface area contributed by atoms with Crippen molar-refractivity contribution in [2.75, 3.05) is 26.5 Å². The molecule has 0 aromatic heterocycles. The zero-order valence-electron chi connectivity index (χ0n) is 21.8. The SMILES string of the molecule is COC(=O)N1CC(CCc2cc(C)c(OC(C)(C)C(=O)O)c(C)c2)C(C(=O)c2ccc(SC)cc2)C1. The van der Waals surface area contributed by atoms with Gasteiger partial charge in [-0.15, -0.1) is 11.8 Å². The maximum absolute atomic E-state index is 13.4. The highest BCUT2D eigenvalue weighted by molar-refractivity contribution is 7.98. The van der Waals surface area contributed by atoms with E-state index >= 15 is 0 Å². The number of carbonyl (C=O) groups excluding carboxylic acids is 2. The lowest BCUT2D eigenvalue weighted by molar-refractivity contribution is -0.152. The summed E-state index contributed by atoms with van der Waals surface area (Å²) in [6.07, 6.45) is 3.03. The summed E-state index contributed by atoms with van der Waals surface area (Å²) in [5, 5.41) is 9.41. The molecule has 36 heavy (non-hydrogen) atoms. The summed E-state index contributed by atoms with van der Waals surface area (Å²) in [6, 6.07) is 11.6. The number of likely N-dealkylation sites (tertiary alicyclic amines) is 1. The Balaban J connectivity index is 1.77. The maximum Gasteiger partial charge on any atom is 0.409 e. The molecule has 1 aliphatic rings. The normalized spacial score (nSPS) is 17.7. The molecule has 1 heterocycles. The Morgan fingerprint density at radius 1 is 1.08 bits per heavy atom. The molecule has 2 aromatic carbocycles. The number of rotatable bonds is 9. The van der Waals surface area contributed by atoms with Crippen molar-refractivity contribution in [1.29, 1.82) is 0 Å². The Morgan fingerprint density at radius 2 is 1.69 bits per heavy atom. The van der Waals surface area contributed by atoms with E-state index in [1.807, 2.05) is 56.5 Å². The third kappa shape index (κ3) is 6.22. The van der Waals surface area contributed by atoms with Gasteiger partial charge in [0, 0.05) is 29.5 Å². The van der Waals surface area contributed by atoms with Crippen molar-refractivity contribution in [2.45, 2.75) is 51.0 Å². The Bertz CT molecular complexity index is 1100. The molecule has 3 rings (SSSR count). The van der Waals surface area contributed by atoms with Gasteiger partial charge in [0.15, 0.2) is 11.4 Å². The molecule has 1 saturated heterocycles. The topological polar surface area (TPSA) is 93.1 Å². The summed E-state index contributed by atoms with van der Waals surface area (Å²) in [6.45, 7) is 7.68. The number of ether oxygens (including phenoxy) is 2. The number of hydrogen-bond donors (Lipinski definition) is 1. The highest BCUT2D eigenvalue weighted by Gasteiger charge is 2.40. The van der Waals surface area contributed by atoms with Crippen molar-refractivity contribution in [3.05, 3.63) is 58.7 Å². The maximum atomic E-state index is 13.4. The standard InChI is InChI=1S/C28H35NO6S/c1-17-13-19(14-18(2)25(17)35-28(3,4)26(31)32)7-8-21-15-29(27(33)34-5)16-23(21)24(30)20-9-11-22(36-6)12-10-20/h9-14,21,23H,7-8,15-16H2,1-6H3,(H,31,32). The fourth-order valence-electron chi connectivity index (χ4n) is 4.70. The van der Waals surface area contributed by atoms with E-state index in [1.165, 1.54) is 21.0 Å². The fourth-order valence-corrected chi connectivity index (χ4v) is 5.11. The van der Waals surface area contributed by atoms with E-state index in [2.05, 4.69) is 0 Å². The second kappa shape index (κ2) is 11.4. The van der Waals surface area contributed by atoms with E-state index in [0.717, 1.165) is 34.4 Å². The van der Waals surface area contributed by atoms with Crippen LogP contribution in [0.25, 0.3) is 0 Å². The summed E-state index contributed by atoms with van der Waals surface area (Å²) in [5.41, 5.74) is 2.13. The van der Waals surface area contributed by atoms with Gasteiger partial charge in [-0.1, -0.05) is 24.3 Å². The smallest absolute Gasteiger partial charge is 0.409 e. The molecule has 2 unspecified atom stereocenters. The number of Topliss-reactive ketones (excluding diaryl/α,β-unsaturated/α-hetero) is 1. The predicted octanol–water partition coefficient (Wildman–Crippen LogP) is 5.40. The third-order valence-corrected chi connectivity index (χ3v) is 7.52. The molecule has 7 nitrogen and oxygen atoms in total. The zero-order valence-corrected chi connectivity index (χ0v) is 22.6. The van der Waals surface area contributed by atoms with E-state index in [9.17, 15) is 19.5 Å². The van der Waals surface area contributed by atoms with Crippen molar-refractivity contribution in [3.63, 3.8) is 0 Å². The number of amides is 1. The number of benzene rings is 2. The number of aryl methyl sites for hydroxylation is 3. The van der Waals surface area contributed by atoms with Crippen LogP contribution in [-0.4, -0.2) is 59.9 Å². The number of hydrogen-bond acceptors (Lipinski definition) is 6. The molecule has 1 fully saturated rings. The molecule has 0 aliphatic carbocycles. The minimum Gasteiger partial charge on any atom is -0.478 e. The molecular weight excluding hydrogens is 478 g/mol. The average Bonchev–Trinajstić information content (AvgIpc) is 3.28. The molecule has 0 spiro atoms. The van der Waals surface area contributed by atoms with E-state index < -0.39 is 17.7 Å². The monoisotopic (exact) mass is 513 g/mol. The van der Waals surface area contributed by atoms with Gasteiger partial charge in [0.25, 0.3) is 0 Å². The first-order chi connectivity index (χ1) is 17.0. The predicted molar refractivity (Wildman–Crippen MR) is 140 cm³/mol. The summed E-state index contributed by atoms with van der Waals surface area (Å²) >= 11 is 1.62. The van der Waals surface area contributed by atoms with Gasteiger partial charge < -0.3 is 19.5 Å². The number of methoxy groups -OCH3 is 1. The van der Waals surface area contributed by atoms with E-state index in [4.69, 9.17) is 9.47 Å². The van der Waals surface area contributed by atoms with Crippen LogP contribution in [0.4, 0.5) is 4.79 Å². The first-order valence-corrected chi connectivity index (χ1v) is 13.2. The summed E-state index contributed by atoms with van der Waals surface area (Å²) < 4.78 is 10.7. The quantitative estimate of drug-likeness (QED) is 0.355. The Kier molecular flexibility index (Phi) is 8.71. The van der Waals surface area contributed by atoms with Crippen molar-refractivity contribution in [1.82, 2.24) is 4.90 Å². The molecule has 2 aromatic rings. The fraction of sp³-hybridized carbons (Fsp3) is 0.464. The number of ketones is 1. The number of aliphatic carboxylic acids is 1. The summed E-state index contributed by atoms with van der Waals surface area (Å²) in [4.78, 5) is 39.9. The van der Waals surface area contributed by atoms with Crippen LogP contribution in [0, 0.1) is 25.7 Å². The van der Waals surface area contributed by atoms with E-state index in [0.29, 0.717) is 24.4 Å². The Hall–Kier alpha value is -3.00. The number of thioether (sulfide) groups is 1. The van der Waals surface area contributed by atoms with Crippen molar-refractivity contribution in [3.8, 4) is 5.75 Å². The highest BCUT2D eigenvalue weighted by Crippen LogP contribution is 2.33. The minimum absolute atomic E-state index is 0.000640. The van der Waals surface area contributed by atoms with Crippen LogP contribution in [0.2, 0.25) is 0 Å². The number of carbonyl (C=O) groups is 3. The van der Waals surface area contributed by atoms with Gasteiger partial charge in [0.05, 0.1) is 7.11 Å². The van der Waals surface area contributed by atoms with Crippen LogP contribution >= 0.6 is 11.8 Å². The number of carboxylic acids is 1. The lowest BCUT2D eigenvalue weighted by atomic mass is 9.84. The molecule has 194 valence electrons. The Labute approximate surface area is 217 Å². The van der Waals surface area contributed by atoms with Crippen molar-refractivity contribution < 1.29 is 29.0 Å². The van der Waals surface area contributed by atoms with Crippen molar-refractivity contribution in [2.24, 2.45) is 11.8 Å². The summed E-state index contributed by atoms with van der Waals surface area (Å²) in [5.74, 6) is -0.707. The van der Waals surface area contributed by atoms with Crippen LogP contribution in [0.15, 0.2) is 41.3 Å². The lowest BCUT2D eigenvalue weighted by Crippen LogP contribution is -2.38. The van der Waals surface area contributed by atoms with Crippen LogP contribution < -0.4 is 4.74 Å². The van der Waals surface area contributed by atoms with E-state index in [-0.39, 0.29) is 17.6 Å². The van der Waals surface area contributed by atoms with Gasteiger partial charge in [-0.3, -0.25) is 4.79 Å². The highest BCUT2D eigenvalue weighted by atomic mass is 32.2. The first kappa shape index (κ1) is 27.6. The van der Waals surface area contributed by atoms with Gasteiger partial charge in [-0.2, -0.15) is 0 Å². The molecule has 1 N–H and O–H groups in total. The first-order valence-electron chi connectivity index (χ1n) is 12.0. The molecule has 0 saturated carbocycles. The van der Waals surface area contributed by atoms with Gasteiger partial charge in [-0.05, 0) is 81.5 Å². The largest absolute Gasteiger partial charge is 0.478 e. The molecular formula is C28H35NO6S. The molecule has 1 aliphatic heterocycles. The molecule has 1 amide bonds. The van der Waals surface area contributed by atoms with Crippen LogP contribution in [0.3, 0.4) is 0 Å². The third-order valence-electron chi connectivity index (χ3n) is 6.78. The second-order valence-electron chi connectivity index (χ2n) is 9.85. The van der Waals surface area contributed by atoms with E-state index in [1.54, 1.807) is 16.7 Å². The molecule has 0 radical (unpaired) electrons. The Morgan fingerprint density at radius 3 is 2.22 bits per heavy atom. The lowest BCUT2D eigenvalue weighted by Gasteiger charge is -2.25.